The molecule has 1 unspecified atom stereocenters. The van der Waals surface area contributed by atoms with E-state index in [1.54, 1.807) is 18.2 Å². The van der Waals surface area contributed by atoms with E-state index in [-0.39, 0.29) is 29.6 Å². The monoisotopic (exact) mass is 575 g/mol. The lowest BCUT2D eigenvalue weighted by molar-refractivity contribution is -0.139. The molecule has 210 valence electrons. The van der Waals surface area contributed by atoms with Gasteiger partial charge in [-0.15, -0.1) is 0 Å². The van der Waals surface area contributed by atoms with E-state index >= 15 is 0 Å². The summed E-state index contributed by atoms with van der Waals surface area (Å²) in [6.45, 7) is 2.15. The average Bonchev–Trinajstić information content (AvgIpc) is 3.53. The van der Waals surface area contributed by atoms with Crippen LogP contribution in [-0.2, 0) is 19.8 Å². The normalized spacial score (nSPS) is 21.0. The molecule has 0 saturated carbocycles. The van der Waals surface area contributed by atoms with Gasteiger partial charge in [-0.2, -0.15) is 0 Å². The van der Waals surface area contributed by atoms with Gasteiger partial charge in [0, 0.05) is 35.1 Å². The van der Waals surface area contributed by atoms with Crippen molar-refractivity contribution < 1.29 is 32.3 Å². The van der Waals surface area contributed by atoms with Gasteiger partial charge in [-0.1, -0.05) is 11.6 Å². The molecular formula is C27H25ClF3N5O4. The van der Waals surface area contributed by atoms with Crippen LogP contribution in [0, 0.1) is 11.6 Å². The van der Waals surface area contributed by atoms with E-state index in [1.165, 1.54) is 13.8 Å². The maximum Gasteiger partial charge on any atom is 0.268 e. The largest absolute Gasteiger partial charge is 0.368 e. The summed E-state index contributed by atoms with van der Waals surface area (Å²) in [4.78, 5) is 56.3. The first-order valence-electron chi connectivity index (χ1n) is 12.4. The molecule has 3 aromatic rings. The molecule has 1 spiro atoms. The van der Waals surface area contributed by atoms with Crippen LogP contribution in [0.4, 0.5) is 18.9 Å². The molecule has 1 fully saturated rings. The Labute approximate surface area is 231 Å². The van der Waals surface area contributed by atoms with Crippen molar-refractivity contribution in [3.05, 3.63) is 64.3 Å². The number of aromatic amines is 1. The van der Waals surface area contributed by atoms with Crippen molar-refractivity contribution in [1.82, 2.24) is 15.2 Å². The predicted octanol–water partition coefficient (Wildman–Crippen LogP) is 3.31. The molecule has 3 heterocycles. The summed E-state index contributed by atoms with van der Waals surface area (Å²) >= 11 is 6.17. The van der Waals surface area contributed by atoms with Gasteiger partial charge in [-0.3, -0.25) is 19.2 Å². The summed E-state index contributed by atoms with van der Waals surface area (Å²) in [5, 5.41) is 5.47. The summed E-state index contributed by atoms with van der Waals surface area (Å²) in [5.41, 5.74) is 3.13. The second kappa shape index (κ2) is 9.54. The Morgan fingerprint density at radius 2 is 1.95 bits per heavy atom. The molecule has 2 aromatic carbocycles. The molecule has 3 atom stereocenters. The number of hydrogen-bond acceptors (Lipinski definition) is 4. The van der Waals surface area contributed by atoms with Crippen molar-refractivity contribution in [2.24, 2.45) is 5.73 Å². The number of likely N-dealkylation sites (tertiary alicyclic amines) is 1. The summed E-state index contributed by atoms with van der Waals surface area (Å²) in [5.74, 6) is -4.82. The van der Waals surface area contributed by atoms with E-state index in [1.807, 2.05) is 0 Å². The van der Waals surface area contributed by atoms with Gasteiger partial charge < -0.3 is 26.3 Å². The molecule has 13 heteroatoms. The van der Waals surface area contributed by atoms with Crippen molar-refractivity contribution in [2.75, 3.05) is 11.9 Å². The van der Waals surface area contributed by atoms with E-state index in [9.17, 15) is 32.3 Å². The minimum Gasteiger partial charge on any atom is -0.368 e. The zero-order valence-corrected chi connectivity index (χ0v) is 22.2. The number of benzene rings is 2. The van der Waals surface area contributed by atoms with E-state index in [0.717, 1.165) is 17.0 Å². The lowest BCUT2D eigenvalue weighted by atomic mass is 9.79. The highest BCUT2D eigenvalue weighted by Crippen LogP contribution is 2.47. The second-order valence-electron chi connectivity index (χ2n) is 10.8. The molecule has 5 rings (SSSR count). The SMILES string of the molecule is CC(C)(F)C[C@H](NC(=O)c1cc2c(F)cc(F)cc2[nH]1)C(=O)N1CC2(C[C@H]1C(N)=O)C(=O)Nc1ccc(Cl)cc12. The number of carbonyl (C=O) groups is 4. The Morgan fingerprint density at radius 1 is 1.23 bits per heavy atom. The standard InChI is InChI=1S/C27H25ClF3N5O4/c1-26(2,31)9-20(34-23(38)19-8-14-16(30)6-13(29)7-18(14)33-19)24(39)36-11-27(10-21(36)22(32)37)15-5-12(28)3-4-17(15)35-25(27)40/h3-8,20-21,33H,9-11H2,1-2H3,(H2,32,37)(H,34,38)(H,35,40)/t20-,21-,27?/m0/s1. The highest BCUT2D eigenvalue weighted by Gasteiger charge is 2.58. The Morgan fingerprint density at radius 3 is 2.62 bits per heavy atom. The maximum absolute atomic E-state index is 14.9. The van der Waals surface area contributed by atoms with Crippen LogP contribution in [0.5, 0.6) is 0 Å². The topological polar surface area (TPSA) is 137 Å². The van der Waals surface area contributed by atoms with Crippen LogP contribution in [0.15, 0.2) is 36.4 Å². The number of carbonyl (C=O) groups excluding carboxylic acids is 4. The molecule has 0 aliphatic carbocycles. The lowest BCUT2D eigenvalue weighted by Gasteiger charge is -2.30. The number of fused-ring (bicyclic) bond motifs is 3. The molecular weight excluding hydrogens is 551 g/mol. The average molecular weight is 576 g/mol. The highest BCUT2D eigenvalue weighted by molar-refractivity contribution is 6.31. The zero-order chi connectivity index (χ0) is 29.1. The number of primary amides is 1. The summed E-state index contributed by atoms with van der Waals surface area (Å²) in [6.07, 6.45) is -0.635. The molecule has 4 amide bonds. The number of halogens is 4. The Hall–Kier alpha value is -4.06. The number of alkyl halides is 1. The molecule has 2 aliphatic rings. The fourth-order valence-electron chi connectivity index (χ4n) is 5.54. The van der Waals surface area contributed by atoms with Gasteiger partial charge in [0.05, 0.1) is 10.9 Å². The van der Waals surface area contributed by atoms with Crippen molar-refractivity contribution >= 4 is 51.8 Å². The van der Waals surface area contributed by atoms with Crippen LogP contribution in [0.2, 0.25) is 5.02 Å². The number of nitrogens with one attached hydrogen (secondary N) is 3. The Kier molecular flexibility index (Phi) is 6.56. The number of hydrogen-bond donors (Lipinski definition) is 4. The number of aromatic nitrogens is 1. The highest BCUT2D eigenvalue weighted by atomic mass is 35.5. The third-order valence-electron chi connectivity index (χ3n) is 7.34. The van der Waals surface area contributed by atoms with Gasteiger partial charge in [0.2, 0.25) is 17.7 Å². The first-order chi connectivity index (χ1) is 18.7. The van der Waals surface area contributed by atoms with Gasteiger partial charge in [-0.05, 0) is 56.2 Å². The fraction of sp³-hybridized carbons (Fsp3) is 0.333. The van der Waals surface area contributed by atoms with Crippen molar-refractivity contribution in [3.63, 3.8) is 0 Å². The van der Waals surface area contributed by atoms with Gasteiger partial charge in [0.25, 0.3) is 5.91 Å². The van der Waals surface area contributed by atoms with E-state index < -0.39 is 64.9 Å². The van der Waals surface area contributed by atoms with Gasteiger partial charge >= 0.3 is 0 Å². The number of nitrogens with two attached hydrogens (primary N) is 1. The van der Waals surface area contributed by atoms with Crippen LogP contribution >= 0.6 is 11.6 Å². The van der Waals surface area contributed by atoms with Crippen LogP contribution in [0.3, 0.4) is 0 Å². The summed E-state index contributed by atoms with van der Waals surface area (Å²) in [6, 6.07) is 4.83. The number of rotatable bonds is 6. The Bertz CT molecular complexity index is 1590. The second-order valence-corrected chi connectivity index (χ2v) is 11.2. The van der Waals surface area contributed by atoms with E-state index in [2.05, 4.69) is 15.6 Å². The number of H-pyrrole nitrogens is 1. The van der Waals surface area contributed by atoms with Crippen molar-refractivity contribution in [3.8, 4) is 0 Å². The molecule has 5 N–H and O–H groups in total. The number of anilines is 1. The molecule has 1 aromatic heterocycles. The zero-order valence-electron chi connectivity index (χ0n) is 21.4. The molecule has 9 nitrogen and oxygen atoms in total. The fourth-order valence-corrected chi connectivity index (χ4v) is 5.71. The molecule has 0 bridgehead atoms. The molecule has 2 aliphatic heterocycles. The van der Waals surface area contributed by atoms with E-state index in [0.29, 0.717) is 22.3 Å². The number of nitrogens with zero attached hydrogens (tertiary/aromatic N) is 1. The molecule has 40 heavy (non-hydrogen) atoms. The Balaban J connectivity index is 1.48. The third kappa shape index (κ3) is 4.76. The minimum atomic E-state index is -1.95. The van der Waals surface area contributed by atoms with Gasteiger partial charge in [-0.25, -0.2) is 13.2 Å². The molecule has 0 radical (unpaired) electrons. The quantitative estimate of drug-likeness (QED) is 0.358. The van der Waals surface area contributed by atoms with Gasteiger partial charge in [0.15, 0.2) is 0 Å². The minimum absolute atomic E-state index is 0.0104. The van der Waals surface area contributed by atoms with E-state index in [4.69, 9.17) is 17.3 Å². The van der Waals surface area contributed by atoms with Crippen LogP contribution in [0.25, 0.3) is 10.9 Å². The first-order valence-corrected chi connectivity index (χ1v) is 12.8. The molecule has 1 saturated heterocycles. The maximum atomic E-state index is 14.9. The van der Waals surface area contributed by atoms with Crippen LogP contribution in [-0.4, -0.2) is 57.8 Å². The third-order valence-corrected chi connectivity index (χ3v) is 7.57. The van der Waals surface area contributed by atoms with Gasteiger partial charge in [0.1, 0.15) is 35.1 Å². The first kappa shape index (κ1) is 27.5. The smallest absolute Gasteiger partial charge is 0.268 e. The van der Waals surface area contributed by atoms with Crippen LogP contribution in [0.1, 0.15) is 42.7 Å². The van der Waals surface area contributed by atoms with Crippen molar-refractivity contribution in [2.45, 2.75) is 49.9 Å². The van der Waals surface area contributed by atoms with Crippen LogP contribution < -0.4 is 16.4 Å². The lowest BCUT2D eigenvalue weighted by Crippen LogP contribution is -2.54. The summed E-state index contributed by atoms with van der Waals surface area (Å²) in [7, 11) is 0. The predicted molar refractivity (Wildman–Crippen MR) is 140 cm³/mol. The summed E-state index contributed by atoms with van der Waals surface area (Å²) < 4.78 is 42.7. The van der Waals surface area contributed by atoms with Crippen molar-refractivity contribution in [1.29, 1.82) is 0 Å². The number of amides is 4.